The molecule has 2 aromatic heterocycles. The monoisotopic (exact) mass is 276 g/mol. The van der Waals surface area contributed by atoms with Crippen LogP contribution >= 0.6 is 11.6 Å². The van der Waals surface area contributed by atoms with Gasteiger partial charge in [-0.25, -0.2) is 0 Å². The molecule has 3 rings (SSSR count). The summed E-state index contributed by atoms with van der Waals surface area (Å²) in [4.78, 5) is 2.96. The third kappa shape index (κ3) is 2.38. The minimum atomic E-state index is 0.0454. The minimum absolute atomic E-state index is 0.0454. The number of H-pyrrole nitrogens is 1. The van der Waals surface area contributed by atoms with Crippen LogP contribution in [0.15, 0.2) is 40.9 Å². The number of nitrogens with one attached hydrogen (secondary N) is 2. The number of aromatic amines is 1. The number of nitrogens with zero attached hydrogens (tertiary/aromatic N) is 2. The Balaban J connectivity index is 1.86. The van der Waals surface area contributed by atoms with Crippen molar-refractivity contribution in [2.75, 3.05) is 5.32 Å². The molecule has 0 unspecified atom stereocenters. The lowest BCUT2D eigenvalue weighted by molar-refractivity contribution is 0.477. The third-order valence-electron chi connectivity index (χ3n) is 2.45. The Morgan fingerprint density at radius 3 is 2.95 bits per heavy atom. The van der Waals surface area contributed by atoms with Crippen LogP contribution in [0.25, 0.3) is 11.6 Å². The van der Waals surface area contributed by atoms with Crippen molar-refractivity contribution in [3.8, 4) is 17.3 Å². The Kier molecular flexibility index (Phi) is 2.85. The van der Waals surface area contributed by atoms with Crippen LogP contribution in [0.3, 0.4) is 0 Å². The number of hydrogen-bond donors (Lipinski definition) is 3. The molecule has 0 atom stereocenters. The van der Waals surface area contributed by atoms with Crippen molar-refractivity contribution < 1.29 is 9.52 Å². The fourth-order valence-electron chi connectivity index (χ4n) is 1.57. The van der Waals surface area contributed by atoms with E-state index in [2.05, 4.69) is 20.5 Å². The lowest BCUT2D eigenvalue weighted by Crippen LogP contribution is -1.90. The normalized spacial score (nSPS) is 10.6. The van der Waals surface area contributed by atoms with Gasteiger partial charge in [-0.1, -0.05) is 16.7 Å². The van der Waals surface area contributed by atoms with E-state index in [1.165, 1.54) is 6.07 Å². The van der Waals surface area contributed by atoms with Gasteiger partial charge in [-0.15, -0.1) is 5.10 Å². The molecular formula is C12H9ClN4O2. The molecule has 3 aromatic rings. The van der Waals surface area contributed by atoms with Crippen LogP contribution in [0.4, 0.5) is 11.7 Å². The topological polar surface area (TPSA) is 87.0 Å². The van der Waals surface area contributed by atoms with Crippen molar-refractivity contribution in [2.24, 2.45) is 0 Å². The predicted octanol–water partition coefficient (Wildman–Crippen LogP) is 3.17. The average Bonchev–Trinajstić information content (AvgIpc) is 3.04. The van der Waals surface area contributed by atoms with Crippen LogP contribution in [0, 0.1) is 0 Å². The molecule has 19 heavy (non-hydrogen) atoms. The maximum absolute atomic E-state index is 9.67. The highest BCUT2D eigenvalue weighted by Gasteiger charge is 2.10. The summed E-state index contributed by atoms with van der Waals surface area (Å²) in [7, 11) is 0. The molecule has 0 saturated heterocycles. The number of benzene rings is 1. The van der Waals surface area contributed by atoms with Crippen molar-refractivity contribution in [1.29, 1.82) is 0 Å². The Morgan fingerprint density at radius 1 is 1.26 bits per heavy atom. The fraction of sp³-hybridized carbons (Fsp3) is 0. The molecule has 1 aromatic carbocycles. The van der Waals surface area contributed by atoms with E-state index in [9.17, 15) is 5.11 Å². The molecule has 0 radical (unpaired) electrons. The SMILES string of the molecule is Oc1ccc(Cl)cc1Nc1nnc(-c2ccc[nH]2)o1. The fourth-order valence-corrected chi connectivity index (χ4v) is 1.74. The molecule has 0 saturated carbocycles. The summed E-state index contributed by atoms with van der Waals surface area (Å²) < 4.78 is 5.41. The second-order valence-corrected chi connectivity index (χ2v) is 4.22. The zero-order valence-electron chi connectivity index (χ0n) is 9.59. The summed E-state index contributed by atoms with van der Waals surface area (Å²) in [6.45, 7) is 0. The molecule has 0 fully saturated rings. The molecule has 0 spiro atoms. The summed E-state index contributed by atoms with van der Waals surface area (Å²) in [6.07, 6.45) is 1.76. The lowest BCUT2D eigenvalue weighted by Gasteiger charge is -2.04. The van der Waals surface area contributed by atoms with E-state index < -0.39 is 0 Å². The maximum Gasteiger partial charge on any atom is 0.320 e. The van der Waals surface area contributed by atoms with E-state index in [0.717, 1.165) is 5.69 Å². The summed E-state index contributed by atoms with van der Waals surface area (Å²) in [5.41, 5.74) is 1.12. The zero-order chi connectivity index (χ0) is 13.2. The molecule has 0 aliphatic rings. The highest BCUT2D eigenvalue weighted by Crippen LogP contribution is 2.29. The van der Waals surface area contributed by atoms with Gasteiger partial charge < -0.3 is 19.8 Å². The van der Waals surface area contributed by atoms with E-state index in [-0.39, 0.29) is 11.8 Å². The maximum atomic E-state index is 9.67. The number of aromatic hydroxyl groups is 1. The number of hydrogen-bond acceptors (Lipinski definition) is 5. The Labute approximate surface area is 113 Å². The van der Waals surface area contributed by atoms with Crippen LogP contribution in [0.5, 0.6) is 5.75 Å². The Hall–Kier alpha value is -2.47. The van der Waals surface area contributed by atoms with Crippen molar-refractivity contribution in [2.45, 2.75) is 0 Å². The van der Waals surface area contributed by atoms with E-state index in [1.54, 1.807) is 18.3 Å². The first-order chi connectivity index (χ1) is 9.22. The van der Waals surface area contributed by atoms with Crippen LogP contribution in [-0.4, -0.2) is 20.3 Å². The molecule has 96 valence electrons. The van der Waals surface area contributed by atoms with Crippen LogP contribution in [0.1, 0.15) is 0 Å². The van der Waals surface area contributed by atoms with Gasteiger partial charge in [0, 0.05) is 11.2 Å². The lowest BCUT2D eigenvalue weighted by atomic mass is 10.3. The molecule has 0 bridgehead atoms. The number of aromatic nitrogens is 3. The van der Waals surface area contributed by atoms with Crippen LogP contribution < -0.4 is 5.32 Å². The Morgan fingerprint density at radius 2 is 2.16 bits per heavy atom. The van der Waals surface area contributed by atoms with Gasteiger partial charge in [0.25, 0.3) is 5.89 Å². The van der Waals surface area contributed by atoms with Crippen molar-refractivity contribution in [1.82, 2.24) is 15.2 Å². The highest BCUT2D eigenvalue weighted by molar-refractivity contribution is 6.30. The quantitative estimate of drug-likeness (QED) is 0.640. The second-order valence-electron chi connectivity index (χ2n) is 3.78. The van der Waals surface area contributed by atoms with Gasteiger partial charge in [-0.05, 0) is 30.3 Å². The number of phenolic OH excluding ortho intramolecular Hbond substituents is 1. The van der Waals surface area contributed by atoms with Crippen molar-refractivity contribution in [3.05, 3.63) is 41.6 Å². The van der Waals surface area contributed by atoms with Crippen molar-refractivity contribution >= 4 is 23.3 Å². The van der Waals surface area contributed by atoms with E-state index in [1.807, 2.05) is 12.1 Å². The number of phenols is 1. The summed E-state index contributed by atoms with van der Waals surface area (Å²) in [6, 6.07) is 8.44. The minimum Gasteiger partial charge on any atom is -0.506 e. The largest absolute Gasteiger partial charge is 0.506 e. The molecule has 3 N–H and O–H groups in total. The number of halogens is 1. The number of rotatable bonds is 3. The standard InChI is InChI=1S/C12H9ClN4O2/c13-7-3-4-10(18)9(6-7)15-12-17-16-11(19-12)8-2-1-5-14-8/h1-6,14,18H,(H,15,17). The molecule has 6 nitrogen and oxygen atoms in total. The highest BCUT2D eigenvalue weighted by atomic mass is 35.5. The summed E-state index contributed by atoms with van der Waals surface area (Å²) >= 11 is 5.85. The van der Waals surface area contributed by atoms with Gasteiger partial charge >= 0.3 is 6.01 Å². The number of anilines is 2. The molecule has 2 heterocycles. The molecule has 0 amide bonds. The predicted molar refractivity (Wildman–Crippen MR) is 70.5 cm³/mol. The first-order valence-corrected chi connectivity index (χ1v) is 5.83. The smallest absolute Gasteiger partial charge is 0.320 e. The summed E-state index contributed by atoms with van der Waals surface area (Å²) in [5, 5.41) is 20.7. The molecule has 7 heteroatoms. The van der Waals surface area contributed by atoms with Gasteiger partial charge in [0.15, 0.2) is 0 Å². The average molecular weight is 277 g/mol. The van der Waals surface area contributed by atoms with Gasteiger partial charge in [0.2, 0.25) is 0 Å². The molecule has 0 aliphatic heterocycles. The van der Waals surface area contributed by atoms with Crippen molar-refractivity contribution in [3.63, 3.8) is 0 Å². The Bertz CT molecular complexity index is 694. The van der Waals surface area contributed by atoms with Crippen LogP contribution in [0.2, 0.25) is 5.02 Å². The van der Waals surface area contributed by atoms with Crippen LogP contribution in [-0.2, 0) is 0 Å². The van der Waals surface area contributed by atoms with Gasteiger partial charge in [-0.3, -0.25) is 0 Å². The van der Waals surface area contributed by atoms with Gasteiger partial charge in [0.1, 0.15) is 11.4 Å². The molecule has 0 aliphatic carbocycles. The van der Waals surface area contributed by atoms with Gasteiger partial charge in [0.05, 0.1) is 5.69 Å². The first-order valence-electron chi connectivity index (χ1n) is 5.45. The second kappa shape index (κ2) is 4.66. The van der Waals surface area contributed by atoms with Gasteiger partial charge in [-0.2, -0.15) is 0 Å². The van der Waals surface area contributed by atoms with E-state index in [0.29, 0.717) is 16.6 Å². The summed E-state index contributed by atoms with van der Waals surface area (Å²) in [5.74, 6) is 0.401. The first kappa shape index (κ1) is 11.6. The molecular weight excluding hydrogens is 268 g/mol. The van der Waals surface area contributed by atoms with E-state index in [4.69, 9.17) is 16.0 Å². The van der Waals surface area contributed by atoms with E-state index >= 15 is 0 Å². The third-order valence-corrected chi connectivity index (χ3v) is 2.69. The zero-order valence-corrected chi connectivity index (χ0v) is 10.3.